The summed E-state index contributed by atoms with van der Waals surface area (Å²) in [4.78, 5) is 6.24. The molecule has 7 fully saturated rings. The van der Waals surface area contributed by atoms with Crippen molar-refractivity contribution < 1.29 is 9.47 Å². The standard InChI is InChI=1S/C36H46N2O2/c1-3-9-23(10-4-1)25-17-19-27-33(21-25)39-31-15-7-14-30-35(31)37(27)29-13-8-16-32-36(29)38(30)28-20-18-26(22-34(28)40-32)24-11-5-2-6-12-24/h1-6,9-12,25-36H,7-8,13-22H2. The van der Waals surface area contributed by atoms with Gasteiger partial charge in [-0.15, -0.1) is 0 Å². The summed E-state index contributed by atoms with van der Waals surface area (Å²) in [5, 5.41) is 0. The molecule has 12 unspecified atom stereocenters. The minimum atomic E-state index is 0.393. The Labute approximate surface area is 240 Å². The zero-order chi connectivity index (χ0) is 26.2. The van der Waals surface area contributed by atoms with Crippen LogP contribution < -0.4 is 0 Å². The van der Waals surface area contributed by atoms with Crippen molar-refractivity contribution >= 4 is 0 Å². The molecule has 4 aliphatic carbocycles. The van der Waals surface area contributed by atoms with Crippen molar-refractivity contribution in [1.82, 2.24) is 9.80 Å². The van der Waals surface area contributed by atoms with Gasteiger partial charge in [-0.1, -0.05) is 60.7 Å². The number of fused-ring (bicyclic) bond motifs is 6. The molecule has 0 amide bonds. The summed E-state index contributed by atoms with van der Waals surface area (Å²) in [7, 11) is 0. The summed E-state index contributed by atoms with van der Waals surface area (Å²) in [6.45, 7) is 0. The third-order valence-electron chi connectivity index (χ3n) is 12.5. The molecule has 212 valence electrons. The zero-order valence-electron chi connectivity index (χ0n) is 23.9. The molecule has 7 aliphatic rings. The molecule has 3 saturated heterocycles. The first kappa shape index (κ1) is 24.8. The third kappa shape index (κ3) is 3.85. The van der Waals surface area contributed by atoms with Crippen LogP contribution in [0.2, 0.25) is 0 Å². The quantitative estimate of drug-likeness (QED) is 0.427. The number of nitrogens with zero attached hydrogens (tertiary/aromatic N) is 2. The number of benzene rings is 2. The van der Waals surface area contributed by atoms with Crippen LogP contribution in [-0.4, -0.2) is 70.5 Å². The van der Waals surface area contributed by atoms with Gasteiger partial charge in [0.25, 0.3) is 0 Å². The number of ether oxygens (including phenoxy) is 2. The van der Waals surface area contributed by atoms with E-state index in [2.05, 4.69) is 70.5 Å². The minimum Gasteiger partial charge on any atom is -0.372 e. The fourth-order valence-corrected chi connectivity index (χ4v) is 11.0. The molecule has 9 rings (SSSR count). The predicted octanol–water partition coefficient (Wildman–Crippen LogP) is 6.65. The van der Waals surface area contributed by atoms with Gasteiger partial charge in [-0.25, -0.2) is 0 Å². The third-order valence-corrected chi connectivity index (χ3v) is 12.5. The average Bonchev–Trinajstić information content (AvgIpc) is 3.02. The monoisotopic (exact) mass is 538 g/mol. The molecule has 0 bridgehead atoms. The lowest BCUT2D eigenvalue weighted by Gasteiger charge is -2.70. The first-order valence-corrected chi connectivity index (χ1v) is 16.8. The van der Waals surface area contributed by atoms with Crippen molar-refractivity contribution in [1.29, 1.82) is 0 Å². The van der Waals surface area contributed by atoms with E-state index in [-0.39, 0.29) is 0 Å². The van der Waals surface area contributed by atoms with Crippen LogP contribution in [0.3, 0.4) is 0 Å². The molecular formula is C36H46N2O2. The lowest BCUT2D eigenvalue weighted by Crippen LogP contribution is -2.83. The van der Waals surface area contributed by atoms with E-state index in [1.807, 2.05) is 0 Å². The molecule has 4 saturated carbocycles. The van der Waals surface area contributed by atoms with Gasteiger partial charge in [0.2, 0.25) is 0 Å². The lowest BCUT2D eigenvalue weighted by molar-refractivity contribution is -0.287. The van der Waals surface area contributed by atoms with Crippen LogP contribution in [0.25, 0.3) is 0 Å². The highest BCUT2D eigenvalue weighted by molar-refractivity contribution is 5.24. The van der Waals surface area contributed by atoms with Crippen molar-refractivity contribution in [2.24, 2.45) is 0 Å². The molecule has 3 aliphatic heterocycles. The Bertz CT molecular complexity index is 1100. The van der Waals surface area contributed by atoms with E-state index in [1.165, 1.54) is 88.2 Å². The molecule has 0 radical (unpaired) electrons. The Kier molecular flexibility index (Phi) is 6.17. The first-order valence-electron chi connectivity index (χ1n) is 16.8. The van der Waals surface area contributed by atoms with Crippen LogP contribution in [-0.2, 0) is 9.47 Å². The van der Waals surface area contributed by atoms with Crippen LogP contribution >= 0.6 is 0 Å². The van der Waals surface area contributed by atoms with E-state index in [0.29, 0.717) is 72.5 Å². The van der Waals surface area contributed by atoms with Crippen molar-refractivity contribution in [3.8, 4) is 0 Å². The topological polar surface area (TPSA) is 24.9 Å². The van der Waals surface area contributed by atoms with E-state index in [4.69, 9.17) is 9.47 Å². The molecule has 4 heteroatoms. The average molecular weight is 539 g/mol. The Morgan fingerprint density at radius 1 is 0.450 bits per heavy atom. The van der Waals surface area contributed by atoms with Crippen LogP contribution in [0.1, 0.15) is 100 Å². The number of rotatable bonds is 2. The van der Waals surface area contributed by atoms with Gasteiger partial charge in [0.15, 0.2) is 0 Å². The highest BCUT2D eigenvalue weighted by atomic mass is 16.5. The number of piperazine rings is 1. The SMILES string of the molecule is c1ccc(C2CCC3C(C2)OC2CCCC4C2N3C2CCCC3OC5CC(c6ccccc6)CCC5N4C32)cc1. The fourth-order valence-electron chi connectivity index (χ4n) is 11.0. The van der Waals surface area contributed by atoms with Crippen molar-refractivity contribution in [3.05, 3.63) is 71.8 Å². The van der Waals surface area contributed by atoms with Gasteiger partial charge in [-0.05, 0) is 100 Å². The highest BCUT2D eigenvalue weighted by Gasteiger charge is 2.63. The Morgan fingerprint density at radius 3 is 1.35 bits per heavy atom. The van der Waals surface area contributed by atoms with Crippen LogP contribution in [0.5, 0.6) is 0 Å². The van der Waals surface area contributed by atoms with E-state index in [0.717, 1.165) is 0 Å². The summed E-state index contributed by atoms with van der Waals surface area (Å²) in [5.41, 5.74) is 3.04. The van der Waals surface area contributed by atoms with Gasteiger partial charge in [-0.2, -0.15) is 0 Å². The second-order valence-corrected chi connectivity index (χ2v) is 14.3. The van der Waals surface area contributed by atoms with E-state index < -0.39 is 0 Å². The number of hydrogen-bond acceptors (Lipinski definition) is 4. The smallest absolute Gasteiger partial charge is 0.0750 e. The van der Waals surface area contributed by atoms with Gasteiger partial charge in [0.1, 0.15) is 0 Å². The maximum absolute atomic E-state index is 7.21. The summed E-state index contributed by atoms with van der Waals surface area (Å²) >= 11 is 0. The molecule has 3 heterocycles. The molecule has 4 nitrogen and oxygen atoms in total. The largest absolute Gasteiger partial charge is 0.372 e. The lowest BCUT2D eigenvalue weighted by atomic mass is 9.67. The molecular weight excluding hydrogens is 492 g/mol. The van der Waals surface area contributed by atoms with Crippen molar-refractivity contribution in [2.75, 3.05) is 0 Å². The van der Waals surface area contributed by atoms with Gasteiger partial charge in [-0.3, -0.25) is 9.80 Å². The summed E-state index contributed by atoms with van der Waals surface area (Å²) in [6, 6.07) is 26.3. The van der Waals surface area contributed by atoms with Crippen LogP contribution in [0.4, 0.5) is 0 Å². The van der Waals surface area contributed by atoms with Crippen LogP contribution in [0.15, 0.2) is 60.7 Å². The minimum absolute atomic E-state index is 0.393. The zero-order valence-corrected chi connectivity index (χ0v) is 23.9. The van der Waals surface area contributed by atoms with Gasteiger partial charge in [0.05, 0.1) is 36.5 Å². The summed E-state index contributed by atoms with van der Waals surface area (Å²) < 4.78 is 14.4. The second-order valence-electron chi connectivity index (χ2n) is 14.3. The molecule has 2 aromatic carbocycles. The van der Waals surface area contributed by atoms with Gasteiger partial charge in [0, 0.05) is 24.2 Å². The van der Waals surface area contributed by atoms with Gasteiger partial charge < -0.3 is 9.47 Å². The Hall–Kier alpha value is -1.72. The molecule has 12 atom stereocenters. The fraction of sp³-hybridized carbons (Fsp3) is 0.667. The summed E-state index contributed by atoms with van der Waals surface area (Å²) in [5.74, 6) is 1.30. The highest BCUT2D eigenvalue weighted by Crippen LogP contribution is 2.54. The molecule has 0 aromatic heterocycles. The number of morpholine rings is 2. The number of hydrogen-bond donors (Lipinski definition) is 0. The molecule has 40 heavy (non-hydrogen) atoms. The maximum Gasteiger partial charge on any atom is 0.0750 e. The molecule has 0 spiro atoms. The molecule has 0 N–H and O–H groups in total. The summed E-state index contributed by atoms with van der Waals surface area (Å²) in [6.07, 6.45) is 17.1. The van der Waals surface area contributed by atoms with E-state index in [9.17, 15) is 0 Å². The van der Waals surface area contributed by atoms with E-state index >= 15 is 0 Å². The van der Waals surface area contributed by atoms with Crippen LogP contribution in [0, 0.1) is 0 Å². The normalized spacial score (nSPS) is 46.4. The van der Waals surface area contributed by atoms with Gasteiger partial charge >= 0.3 is 0 Å². The van der Waals surface area contributed by atoms with Crippen molar-refractivity contribution in [2.45, 2.75) is 150 Å². The Balaban J connectivity index is 1.03. The maximum atomic E-state index is 7.21. The second kappa shape index (κ2) is 9.93. The van der Waals surface area contributed by atoms with E-state index in [1.54, 1.807) is 0 Å². The molecule has 2 aromatic rings. The van der Waals surface area contributed by atoms with Crippen molar-refractivity contribution in [3.63, 3.8) is 0 Å². The predicted molar refractivity (Wildman–Crippen MR) is 157 cm³/mol. The first-order chi connectivity index (χ1) is 19.8. The Morgan fingerprint density at radius 2 is 0.900 bits per heavy atom.